The third-order valence-electron chi connectivity index (χ3n) is 4.41. The Labute approximate surface area is 147 Å². The van der Waals surface area contributed by atoms with Crippen LogP contribution in [0.2, 0.25) is 0 Å². The van der Waals surface area contributed by atoms with Gasteiger partial charge in [-0.2, -0.15) is 4.98 Å². The van der Waals surface area contributed by atoms with Gasteiger partial charge in [0.25, 0.3) is 5.89 Å². The lowest BCUT2D eigenvalue weighted by molar-refractivity contribution is 0.426. The van der Waals surface area contributed by atoms with E-state index in [9.17, 15) is 0 Å². The molecule has 122 valence electrons. The fraction of sp³-hybridized carbons (Fsp3) is 0.353. The zero-order valence-electron chi connectivity index (χ0n) is 13.3. The molecule has 5 nitrogen and oxygen atoms in total. The minimum Gasteiger partial charge on any atom is -0.333 e. The fourth-order valence-electron chi connectivity index (χ4n) is 3.29. The summed E-state index contributed by atoms with van der Waals surface area (Å²) in [5.74, 6) is 1.28. The SMILES string of the molecule is Cc1noc(-c2sc3c(c2-c2nc4c(s2)C=CCC4)CCNC3)n1. The van der Waals surface area contributed by atoms with Crippen LogP contribution in [0.5, 0.6) is 0 Å². The molecule has 0 aromatic carbocycles. The summed E-state index contributed by atoms with van der Waals surface area (Å²) in [7, 11) is 0. The van der Waals surface area contributed by atoms with Gasteiger partial charge in [-0.05, 0) is 44.4 Å². The Balaban J connectivity index is 1.72. The Morgan fingerprint density at radius 3 is 3.00 bits per heavy atom. The molecule has 0 amide bonds. The van der Waals surface area contributed by atoms with Gasteiger partial charge in [-0.1, -0.05) is 11.2 Å². The number of allylic oxidation sites excluding steroid dienone is 1. The second kappa shape index (κ2) is 5.61. The van der Waals surface area contributed by atoms with Crippen LogP contribution in [0.15, 0.2) is 10.6 Å². The maximum Gasteiger partial charge on any atom is 0.268 e. The molecule has 0 atom stereocenters. The molecule has 1 aliphatic carbocycles. The van der Waals surface area contributed by atoms with Crippen molar-refractivity contribution in [1.29, 1.82) is 0 Å². The maximum atomic E-state index is 5.48. The number of thiophene rings is 1. The van der Waals surface area contributed by atoms with E-state index in [0.29, 0.717) is 11.7 Å². The molecule has 0 spiro atoms. The van der Waals surface area contributed by atoms with Crippen LogP contribution in [0.25, 0.3) is 27.4 Å². The van der Waals surface area contributed by atoms with Gasteiger partial charge in [0.1, 0.15) is 9.88 Å². The maximum absolute atomic E-state index is 5.48. The third kappa shape index (κ3) is 2.27. The zero-order chi connectivity index (χ0) is 16.1. The van der Waals surface area contributed by atoms with Crippen molar-refractivity contribution in [3.05, 3.63) is 32.9 Å². The van der Waals surface area contributed by atoms with Gasteiger partial charge in [-0.3, -0.25) is 0 Å². The summed E-state index contributed by atoms with van der Waals surface area (Å²) in [6.07, 6.45) is 7.58. The molecule has 1 aliphatic heterocycles. The van der Waals surface area contributed by atoms with Crippen LogP contribution in [-0.2, 0) is 19.4 Å². The Morgan fingerprint density at radius 2 is 2.17 bits per heavy atom. The number of thiazole rings is 1. The molecule has 0 unspecified atom stereocenters. The standard InChI is InChI=1S/C17H16N4OS2/c1-9-19-16(22-21-9)15-14(10-6-7-18-8-13(10)23-15)17-20-11-4-2-3-5-12(11)24-17/h3,5,18H,2,4,6-8H2,1H3. The van der Waals surface area contributed by atoms with E-state index in [2.05, 4.69) is 27.6 Å². The number of hydrogen-bond acceptors (Lipinski definition) is 7. The largest absolute Gasteiger partial charge is 0.333 e. The summed E-state index contributed by atoms with van der Waals surface area (Å²) >= 11 is 3.54. The number of aryl methyl sites for hydroxylation is 2. The molecule has 0 fully saturated rings. The molecule has 3 aromatic rings. The number of hydrogen-bond donors (Lipinski definition) is 1. The van der Waals surface area contributed by atoms with E-state index in [1.165, 1.54) is 26.6 Å². The normalized spacial score (nSPS) is 16.2. The lowest BCUT2D eigenvalue weighted by Crippen LogP contribution is -2.22. The minimum absolute atomic E-state index is 0.616. The van der Waals surface area contributed by atoms with Crippen molar-refractivity contribution in [3.63, 3.8) is 0 Å². The first kappa shape index (κ1) is 14.5. The molecule has 3 aromatic heterocycles. The molecule has 1 N–H and O–H groups in total. The molecule has 0 saturated heterocycles. The molecule has 0 radical (unpaired) electrons. The van der Waals surface area contributed by atoms with Gasteiger partial charge in [0.05, 0.1) is 10.6 Å². The van der Waals surface area contributed by atoms with Gasteiger partial charge < -0.3 is 9.84 Å². The highest BCUT2D eigenvalue weighted by Gasteiger charge is 2.28. The second-order valence-electron chi connectivity index (χ2n) is 6.05. The Bertz CT molecular complexity index is 950. The van der Waals surface area contributed by atoms with E-state index in [-0.39, 0.29) is 0 Å². The van der Waals surface area contributed by atoms with E-state index in [4.69, 9.17) is 9.51 Å². The summed E-state index contributed by atoms with van der Waals surface area (Å²) < 4.78 is 5.48. The Hall–Kier alpha value is -1.83. The van der Waals surface area contributed by atoms with Gasteiger partial charge in [0.2, 0.25) is 0 Å². The van der Waals surface area contributed by atoms with Crippen molar-refractivity contribution in [2.24, 2.45) is 0 Å². The van der Waals surface area contributed by atoms with Gasteiger partial charge in [-0.15, -0.1) is 22.7 Å². The first-order valence-electron chi connectivity index (χ1n) is 8.12. The third-order valence-corrected chi connectivity index (χ3v) is 6.71. The van der Waals surface area contributed by atoms with Crippen LogP contribution in [0.1, 0.15) is 33.3 Å². The van der Waals surface area contributed by atoms with Gasteiger partial charge in [0, 0.05) is 17.0 Å². The molecule has 24 heavy (non-hydrogen) atoms. The van der Waals surface area contributed by atoms with Crippen molar-refractivity contribution in [2.75, 3.05) is 6.54 Å². The van der Waals surface area contributed by atoms with Gasteiger partial charge >= 0.3 is 0 Å². The molecule has 2 aliphatic rings. The molecule has 0 bridgehead atoms. The first-order valence-corrected chi connectivity index (χ1v) is 9.75. The smallest absolute Gasteiger partial charge is 0.268 e. The zero-order valence-corrected chi connectivity index (χ0v) is 14.9. The van der Waals surface area contributed by atoms with Crippen LogP contribution < -0.4 is 5.32 Å². The Kier molecular flexibility index (Phi) is 3.39. The molecular formula is C17H16N4OS2. The van der Waals surface area contributed by atoms with Crippen molar-refractivity contribution >= 4 is 28.7 Å². The second-order valence-corrected chi connectivity index (χ2v) is 8.19. The highest BCUT2D eigenvalue weighted by Crippen LogP contribution is 2.46. The highest BCUT2D eigenvalue weighted by molar-refractivity contribution is 7.18. The minimum atomic E-state index is 0.616. The van der Waals surface area contributed by atoms with Crippen LogP contribution in [-0.4, -0.2) is 21.7 Å². The predicted octanol–water partition coefficient (Wildman–Crippen LogP) is 3.84. The summed E-state index contributed by atoms with van der Waals surface area (Å²) in [5, 5.41) is 8.52. The van der Waals surface area contributed by atoms with E-state index in [1.807, 2.05) is 6.92 Å². The van der Waals surface area contributed by atoms with E-state index in [0.717, 1.165) is 42.2 Å². The number of rotatable bonds is 2. The van der Waals surface area contributed by atoms with Crippen LogP contribution in [0.3, 0.4) is 0 Å². The lowest BCUT2D eigenvalue weighted by Gasteiger charge is -2.13. The summed E-state index contributed by atoms with van der Waals surface area (Å²) in [6.45, 7) is 3.77. The molecule has 0 saturated carbocycles. The fourth-order valence-corrected chi connectivity index (χ4v) is 5.72. The quantitative estimate of drug-likeness (QED) is 0.756. The van der Waals surface area contributed by atoms with Gasteiger partial charge in [0.15, 0.2) is 5.82 Å². The van der Waals surface area contributed by atoms with Crippen LogP contribution >= 0.6 is 22.7 Å². The topological polar surface area (TPSA) is 63.8 Å². The molecular weight excluding hydrogens is 340 g/mol. The van der Waals surface area contributed by atoms with Crippen molar-refractivity contribution < 1.29 is 4.52 Å². The van der Waals surface area contributed by atoms with Gasteiger partial charge in [-0.25, -0.2) is 4.98 Å². The number of nitrogens with one attached hydrogen (secondary N) is 1. The monoisotopic (exact) mass is 356 g/mol. The number of fused-ring (bicyclic) bond motifs is 2. The Morgan fingerprint density at radius 1 is 1.21 bits per heavy atom. The van der Waals surface area contributed by atoms with E-state index >= 15 is 0 Å². The predicted molar refractivity (Wildman–Crippen MR) is 96.2 cm³/mol. The number of nitrogens with zero attached hydrogens (tertiary/aromatic N) is 3. The molecule has 5 rings (SSSR count). The van der Waals surface area contributed by atoms with Crippen molar-refractivity contribution in [3.8, 4) is 21.3 Å². The molecule has 4 heterocycles. The molecule has 7 heteroatoms. The van der Waals surface area contributed by atoms with E-state index in [1.54, 1.807) is 22.7 Å². The first-order chi connectivity index (χ1) is 11.8. The van der Waals surface area contributed by atoms with Crippen molar-refractivity contribution in [1.82, 2.24) is 20.4 Å². The van der Waals surface area contributed by atoms with Crippen LogP contribution in [0.4, 0.5) is 0 Å². The van der Waals surface area contributed by atoms with E-state index < -0.39 is 0 Å². The lowest BCUT2D eigenvalue weighted by atomic mass is 10.0. The van der Waals surface area contributed by atoms with Crippen LogP contribution in [0, 0.1) is 6.92 Å². The summed E-state index contributed by atoms with van der Waals surface area (Å²) in [6, 6.07) is 0. The van der Waals surface area contributed by atoms with Crippen molar-refractivity contribution in [2.45, 2.75) is 32.7 Å². The highest BCUT2D eigenvalue weighted by atomic mass is 32.1. The average molecular weight is 356 g/mol. The summed E-state index contributed by atoms with van der Waals surface area (Å²) in [5.41, 5.74) is 3.84. The average Bonchev–Trinajstić information content (AvgIpc) is 3.29. The summed E-state index contributed by atoms with van der Waals surface area (Å²) in [4.78, 5) is 13.2. The number of aromatic nitrogens is 3.